The number of aromatic nitrogens is 2. The van der Waals surface area contributed by atoms with Gasteiger partial charge in [0.15, 0.2) is 0 Å². The zero-order chi connectivity index (χ0) is 10.5. The SMILES string of the molecule is C[C@@H](Nc1ccccn1)c1ccccn1. The molecule has 2 aromatic rings. The molecule has 15 heavy (non-hydrogen) atoms. The van der Waals surface area contributed by atoms with Crippen molar-refractivity contribution in [2.45, 2.75) is 13.0 Å². The topological polar surface area (TPSA) is 37.8 Å². The zero-order valence-electron chi connectivity index (χ0n) is 8.59. The maximum Gasteiger partial charge on any atom is 0.126 e. The summed E-state index contributed by atoms with van der Waals surface area (Å²) in [6.07, 6.45) is 3.57. The summed E-state index contributed by atoms with van der Waals surface area (Å²) in [5, 5.41) is 3.28. The van der Waals surface area contributed by atoms with Gasteiger partial charge in [-0.15, -0.1) is 0 Å². The van der Waals surface area contributed by atoms with E-state index in [-0.39, 0.29) is 6.04 Å². The molecule has 0 spiro atoms. The largest absolute Gasteiger partial charge is 0.362 e. The summed E-state index contributed by atoms with van der Waals surface area (Å²) in [5.41, 5.74) is 1.02. The average molecular weight is 199 g/mol. The molecular formula is C12H13N3. The lowest BCUT2D eigenvalue weighted by molar-refractivity contribution is 0.832. The monoisotopic (exact) mass is 199 g/mol. The Labute approximate surface area is 89.2 Å². The molecule has 0 amide bonds. The van der Waals surface area contributed by atoms with Gasteiger partial charge in [-0.1, -0.05) is 12.1 Å². The van der Waals surface area contributed by atoms with E-state index in [4.69, 9.17) is 0 Å². The Morgan fingerprint density at radius 3 is 2.33 bits per heavy atom. The van der Waals surface area contributed by atoms with Gasteiger partial charge < -0.3 is 5.32 Å². The van der Waals surface area contributed by atoms with E-state index in [1.807, 2.05) is 36.4 Å². The fourth-order valence-corrected chi connectivity index (χ4v) is 1.38. The van der Waals surface area contributed by atoms with Crippen LogP contribution in [-0.4, -0.2) is 9.97 Å². The van der Waals surface area contributed by atoms with E-state index in [1.54, 1.807) is 12.4 Å². The van der Waals surface area contributed by atoms with E-state index in [0.29, 0.717) is 0 Å². The van der Waals surface area contributed by atoms with Crippen LogP contribution in [0.25, 0.3) is 0 Å². The van der Waals surface area contributed by atoms with Crippen LogP contribution in [0.3, 0.4) is 0 Å². The van der Waals surface area contributed by atoms with Crippen molar-refractivity contribution in [1.82, 2.24) is 9.97 Å². The van der Waals surface area contributed by atoms with Crippen molar-refractivity contribution in [1.29, 1.82) is 0 Å². The van der Waals surface area contributed by atoms with Crippen LogP contribution in [0.15, 0.2) is 48.8 Å². The number of pyridine rings is 2. The lowest BCUT2D eigenvalue weighted by Crippen LogP contribution is -2.08. The van der Waals surface area contributed by atoms with E-state index in [9.17, 15) is 0 Å². The van der Waals surface area contributed by atoms with E-state index < -0.39 is 0 Å². The van der Waals surface area contributed by atoms with E-state index >= 15 is 0 Å². The summed E-state index contributed by atoms with van der Waals surface area (Å²) in [6.45, 7) is 2.07. The van der Waals surface area contributed by atoms with Crippen molar-refractivity contribution in [2.75, 3.05) is 5.32 Å². The molecular weight excluding hydrogens is 186 g/mol. The van der Waals surface area contributed by atoms with Gasteiger partial charge in [-0.3, -0.25) is 4.98 Å². The van der Waals surface area contributed by atoms with Gasteiger partial charge in [-0.25, -0.2) is 4.98 Å². The summed E-state index contributed by atoms with van der Waals surface area (Å²) in [5.74, 6) is 0.871. The van der Waals surface area contributed by atoms with Crippen LogP contribution in [0.5, 0.6) is 0 Å². The number of nitrogens with one attached hydrogen (secondary N) is 1. The smallest absolute Gasteiger partial charge is 0.126 e. The molecule has 2 rings (SSSR count). The summed E-state index contributed by atoms with van der Waals surface area (Å²) >= 11 is 0. The van der Waals surface area contributed by atoms with Gasteiger partial charge >= 0.3 is 0 Å². The maximum atomic E-state index is 4.28. The molecule has 0 fully saturated rings. The first-order chi connectivity index (χ1) is 7.36. The molecule has 0 aliphatic rings. The standard InChI is InChI=1S/C12H13N3/c1-10(11-6-2-4-8-13-11)15-12-7-3-5-9-14-12/h2-10H,1H3,(H,14,15)/t10-/m1/s1. The molecule has 0 saturated heterocycles. The molecule has 3 nitrogen and oxygen atoms in total. The van der Waals surface area contributed by atoms with Crippen molar-refractivity contribution >= 4 is 5.82 Å². The van der Waals surface area contributed by atoms with E-state index in [0.717, 1.165) is 11.5 Å². The van der Waals surface area contributed by atoms with Crippen LogP contribution >= 0.6 is 0 Å². The lowest BCUT2D eigenvalue weighted by atomic mass is 10.2. The predicted octanol–water partition coefficient (Wildman–Crippen LogP) is 2.65. The molecule has 1 N–H and O–H groups in total. The van der Waals surface area contributed by atoms with Crippen molar-refractivity contribution in [2.24, 2.45) is 0 Å². The number of anilines is 1. The molecule has 76 valence electrons. The quantitative estimate of drug-likeness (QED) is 0.825. The zero-order valence-corrected chi connectivity index (χ0v) is 8.59. The molecule has 2 aromatic heterocycles. The van der Waals surface area contributed by atoms with E-state index in [1.165, 1.54) is 0 Å². The highest BCUT2D eigenvalue weighted by atomic mass is 15.0. The minimum atomic E-state index is 0.168. The lowest BCUT2D eigenvalue weighted by Gasteiger charge is -2.13. The molecule has 0 radical (unpaired) electrons. The van der Waals surface area contributed by atoms with Crippen LogP contribution in [0.2, 0.25) is 0 Å². The second kappa shape index (κ2) is 4.55. The minimum absolute atomic E-state index is 0.168. The van der Waals surface area contributed by atoms with Crippen molar-refractivity contribution in [3.63, 3.8) is 0 Å². The first-order valence-electron chi connectivity index (χ1n) is 4.95. The van der Waals surface area contributed by atoms with Gasteiger partial charge in [0, 0.05) is 12.4 Å². The number of rotatable bonds is 3. The predicted molar refractivity (Wildman–Crippen MR) is 60.5 cm³/mol. The Morgan fingerprint density at radius 1 is 1.00 bits per heavy atom. The first-order valence-corrected chi connectivity index (χ1v) is 4.95. The van der Waals surface area contributed by atoms with Gasteiger partial charge in [0.2, 0.25) is 0 Å². The van der Waals surface area contributed by atoms with Crippen molar-refractivity contribution < 1.29 is 0 Å². The van der Waals surface area contributed by atoms with E-state index in [2.05, 4.69) is 22.2 Å². The number of hydrogen-bond donors (Lipinski definition) is 1. The molecule has 0 saturated carbocycles. The van der Waals surface area contributed by atoms with Crippen molar-refractivity contribution in [3.8, 4) is 0 Å². The third-order valence-electron chi connectivity index (χ3n) is 2.16. The highest BCUT2D eigenvalue weighted by molar-refractivity contribution is 5.35. The Bertz CT molecular complexity index is 400. The molecule has 3 heteroatoms. The van der Waals surface area contributed by atoms with Gasteiger partial charge in [-0.2, -0.15) is 0 Å². The molecule has 0 aromatic carbocycles. The molecule has 0 bridgehead atoms. The van der Waals surface area contributed by atoms with Crippen LogP contribution in [0.1, 0.15) is 18.7 Å². The van der Waals surface area contributed by atoms with Gasteiger partial charge in [0.25, 0.3) is 0 Å². The summed E-state index contributed by atoms with van der Waals surface area (Å²) in [7, 11) is 0. The fourth-order valence-electron chi connectivity index (χ4n) is 1.38. The molecule has 2 heterocycles. The van der Waals surface area contributed by atoms with Crippen molar-refractivity contribution in [3.05, 3.63) is 54.5 Å². The molecule has 0 unspecified atom stereocenters. The number of hydrogen-bond acceptors (Lipinski definition) is 3. The van der Waals surface area contributed by atoms with Gasteiger partial charge in [0.05, 0.1) is 11.7 Å². The number of nitrogens with zero attached hydrogens (tertiary/aromatic N) is 2. The van der Waals surface area contributed by atoms with Crippen LogP contribution in [-0.2, 0) is 0 Å². The second-order valence-electron chi connectivity index (χ2n) is 3.34. The highest BCUT2D eigenvalue weighted by Crippen LogP contribution is 2.14. The van der Waals surface area contributed by atoms with Crippen LogP contribution in [0.4, 0.5) is 5.82 Å². The fraction of sp³-hybridized carbons (Fsp3) is 0.167. The molecule has 0 aliphatic carbocycles. The third kappa shape index (κ3) is 2.53. The Kier molecular flexibility index (Phi) is 2.93. The van der Waals surface area contributed by atoms with Gasteiger partial charge in [-0.05, 0) is 31.2 Å². The highest BCUT2D eigenvalue weighted by Gasteiger charge is 2.05. The molecule has 1 atom stereocenters. The van der Waals surface area contributed by atoms with Gasteiger partial charge in [0.1, 0.15) is 5.82 Å². The third-order valence-corrected chi connectivity index (χ3v) is 2.16. The van der Waals surface area contributed by atoms with Crippen LogP contribution in [0, 0.1) is 0 Å². The molecule has 0 aliphatic heterocycles. The average Bonchev–Trinajstić information content (AvgIpc) is 2.31. The summed E-state index contributed by atoms with van der Waals surface area (Å²) in [6, 6.07) is 11.9. The minimum Gasteiger partial charge on any atom is -0.362 e. The Balaban J connectivity index is 2.08. The Hall–Kier alpha value is -1.90. The maximum absolute atomic E-state index is 4.28. The van der Waals surface area contributed by atoms with Crippen LogP contribution < -0.4 is 5.32 Å². The second-order valence-corrected chi connectivity index (χ2v) is 3.34. The summed E-state index contributed by atoms with van der Waals surface area (Å²) in [4.78, 5) is 8.49. The Morgan fingerprint density at radius 2 is 1.73 bits per heavy atom. The first kappa shape index (κ1) is 9.65. The normalized spacial score (nSPS) is 12.1. The summed E-state index contributed by atoms with van der Waals surface area (Å²) < 4.78 is 0.